The smallest absolute Gasteiger partial charge is 0.181 e. The van der Waals surface area contributed by atoms with Crippen molar-refractivity contribution < 1.29 is 8.42 Å². The van der Waals surface area contributed by atoms with Crippen LogP contribution in [0.2, 0.25) is 5.02 Å². The Bertz CT molecular complexity index is 594. The van der Waals surface area contributed by atoms with Crippen molar-refractivity contribution in [2.24, 2.45) is 0 Å². The zero-order valence-corrected chi connectivity index (χ0v) is 10.5. The number of hydrogen-bond donors (Lipinski definition) is 1. The van der Waals surface area contributed by atoms with Crippen LogP contribution in [0.4, 0.5) is 0 Å². The van der Waals surface area contributed by atoms with E-state index in [1.807, 2.05) is 12.1 Å². The lowest BCUT2D eigenvalue weighted by molar-refractivity contribution is 0.595. The van der Waals surface area contributed by atoms with E-state index in [0.29, 0.717) is 11.4 Å². The number of aromatic nitrogens is 2. The number of H-pyrrole nitrogens is 1. The molecule has 0 bridgehead atoms. The van der Waals surface area contributed by atoms with E-state index in [-0.39, 0.29) is 10.6 Å². The molecule has 0 spiro atoms. The first kappa shape index (κ1) is 12.1. The predicted molar refractivity (Wildman–Crippen MR) is 65.8 cm³/mol. The van der Waals surface area contributed by atoms with Gasteiger partial charge in [-0.1, -0.05) is 23.7 Å². The molecule has 0 fully saturated rings. The first-order valence-corrected chi connectivity index (χ1v) is 7.07. The van der Waals surface area contributed by atoms with Crippen LogP contribution in [0.1, 0.15) is 5.56 Å². The molecule has 0 amide bonds. The Balaban J connectivity index is 2.08. The lowest BCUT2D eigenvalue weighted by Crippen LogP contribution is -2.08. The second-order valence-electron chi connectivity index (χ2n) is 3.63. The molecular formula is C11H11ClN2O2S. The number of nitrogens with zero attached hydrogens (tertiary/aromatic N) is 1. The van der Waals surface area contributed by atoms with Crippen LogP contribution < -0.4 is 0 Å². The Morgan fingerprint density at radius 3 is 2.82 bits per heavy atom. The summed E-state index contributed by atoms with van der Waals surface area (Å²) in [7, 11) is -3.26. The molecule has 1 heterocycles. The van der Waals surface area contributed by atoms with E-state index < -0.39 is 9.84 Å². The van der Waals surface area contributed by atoms with Gasteiger partial charge in [0.1, 0.15) is 4.90 Å². The SMILES string of the molecule is O=S(=O)(CCc1cccc(Cl)c1)c1cn[nH]c1. The van der Waals surface area contributed by atoms with Crippen molar-refractivity contribution in [3.8, 4) is 0 Å². The molecule has 1 N–H and O–H groups in total. The van der Waals surface area contributed by atoms with Crippen LogP contribution in [-0.4, -0.2) is 24.4 Å². The third-order valence-corrected chi connectivity index (χ3v) is 4.30. The Morgan fingerprint density at radius 1 is 1.35 bits per heavy atom. The molecule has 0 saturated carbocycles. The molecule has 2 aromatic rings. The molecule has 1 aromatic heterocycles. The van der Waals surface area contributed by atoms with Crippen LogP contribution in [0.5, 0.6) is 0 Å². The monoisotopic (exact) mass is 270 g/mol. The summed E-state index contributed by atoms with van der Waals surface area (Å²) in [6.45, 7) is 0. The number of hydrogen-bond acceptors (Lipinski definition) is 3. The van der Waals surface area contributed by atoms with Crippen molar-refractivity contribution in [3.05, 3.63) is 47.2 Å². The van der Waals surface area contributed by atoms with Gasteiger partial charge in [-0.25, -0.2) is 8.42 Å². The molecule has 0 saturated heterocycles. The van der Waals surface area contributed by atoms with E-state index in [0.717, 1.165) is 5.56 Å². The molecular weight excluding hydrogens is 260 g/mol. The quantitative estimate of drug-likeness (QED) is 0.925. The largest absolute Gasteiger partial charge is 0.284 e. The molecule has 17 heavy (non-hydrogen) atoms. The van der Waals surface area contributed by atoms with Gasteiger partial charge in [-0.3, -0.25) is 5.10 Å². The number of halogens is 1. The standard InChI is InChI=1S/C11H11ClN2O2S/c12-10-3-1-2-9(6-10)4-5-17(15,16)11-7-13-14-8-11/h1-3,6-8H,4-5H2,(H,13,14). The first-order valence-electron chi connectivity index (χ1n) is 5.04. The molecule has 0 aliphatic heterocycles. The Labute approximate surface area is 105 Å². The van der Waals surface area contributed by atoms with Gasteiger partial charge in [-0.2, -0.15) is 5.10 Å². The lowest BCUT2D eigenvalue weighted by atomic mass is 10.2. The molecule has 4 nitrogen and oxygen atoms in total. The van der Waals surface area contributed by atoms with E-state index in [1.54, 1.807) is 12.1 Å². The van der Waals surface area contributed by atoms with Crippen LogP contribution >= 0.6 is 11.6 Å². The van der Waals surface area contributed by atoms with E-state index in [1.165, 1.54) is 12.4 Å². The fourth-order valence-electron chi connectivity index (χ4n) is 1.47. The van der Waals surface area contributed by atoms with Crippen LogP contribution in [-0.2, 0) is 16.3 Å². The van der Waals surface area contributed by atoms with Crippen molar-refractivity contribution in [1.82, 2.24) is 10.2 Å². The molecule has 0 aliphatic rings. The maximum Gasteiger partial charge on any atom is 0.181 e. The van der Waals surface area contributed by atoms with Crippen LogP contribution in [0, 0.1) is 0 Å². The average molecular weight is 271 g/mol. The van der Waals surface area contributed by atoms with Gasteiger partial charge in [0, 0.05) is 11.2 Å². The minimum absolute atomic E-state index is 0.0485. The Hall–Kier alpha value is -1.33. The topological polar surface area (TPSA) is 62.8 Å². The van der Waals surface area contributed by atoms with E-state index in [2.05, 4.69) is 10.2 Å². The van der Waals surface area contributed by atoms with E-state index in [9.17, 15) is 8.42 Å². The van der Waals surface area contributed by atoms with Gasteiger partial charge in [0.25, 0.3) is 0 Å². The highest BCUT2D eigenvalue weighted by Gasteiger charge is 2.15. The van der Waals surface area contributed by atoms with Gasteiger partial charge in [0.05, 0.1) is 11.9 Å². The predicted octanol–water partition coefficient (Wildman–Crippen LogP) is 2.08. The first-order chi connectivity index (χ1) is 8.08. The molecule has 6 heteroatoms. The van der Waals surface area contributed by atoms with Gasteiger partial charge in [-0.15, -0.1) is 0 Å². The minimum Gasteiger partial charge on any atom is -0.284 e. The molecule has 90 valence electrons. The molecule has 0 radical (unpaired) electrons. The van der Waals surface area contributed by atoms with Gasteiger partial charge < -0.3 is 0 Å². The zero-order valence-electron chi connectivity index (χ0n) is 8.93. The van der Waals surface area contributed by atoms with Crippen LogP contribution in [0.15, 0.2) is 41.6 Å². The number of benzene rings is 1. The highest BCUT2D eigenvalue weighted by atomic mass is 35.5. The molecule has 0 unspecified atom stereocenters. The van der Waals surface area contributed by atoms with Crippen molar-refractivity contribution >= 4 is 21.4 Å². The van der Waals surface area contributed by atoms with E-state index >= 15 is 0 Å². The summed E-state index contributed by atoms with van der Waals surface area (Å²) in [6.07, 6.45) is 3.13. The molecule has 0 atom stereocenters. The number of nitrogens with one attached hydrogen (secondary N) is 1. The maximum atomic E-state index is 11.9. The summed E-state index contributed by atoms with van der Waals surface area (Å²) in [5, 5.41) is 6.74. The second-order valence-corrected chi connectivity index (χ2v) is 6.18. The van der Waals surface area contributed by atoms with Crippen LogP contribution in [0.25, 0.3) is 0 Å². The normalized spacial score (nSPS) is 11.6. The van der Waals surface area contributed by atoms with E-state index in [4.69, 9.17) is 11.6 Å². The third-order valence-electron chi connectivity index (χ3n) is 2.38. The van der Waals surface area contributed by atoms with Crippen molar-refractivity contribution in [3.63, 3.8) is 0 Å². The number of sulfone groups is 1. The molecule has 1 aromatic carbocycles. The third kappa shape index (κ3) is 3.08. The zero-order chi connectivity index (χ0) is 12.3. The van der Waals surface area contributed by atoms with Gasteiger partial charge in [0.2, 0.25) is 0 Å². The van der Waals surface area contributed by atoms with Gasteiger partial charge in [-0.05, 0) is 24.1 Å². The highest BCUT2D eigenvalue weighted by molar-refractivity contribution is 7.91. The maximum absolute atomic E-state index is 11.9. The number of rotatable bonds is 4. The number of aromatic amines is 1. The fourth-order valence-corrected chi connectivity index (χ4v) is 2.87. The summed E-state index contributed by atoms with van der Waals surface area (Å²) >= 11 is 5.83. The average Bonchev–Trinajstić information content (AvgIpc) is 2.81. The minimum atomic E-state index is -3.26. The Kier molecular flexibility index (Phi) is 3.49. The van der Waals surface area contributed by atoms with Crippen molar-refractivity contribution in [2.75, 3.05) is 5.75 Å². The van der Waals surface area contributed by atoms with Crippen LogP contribution in [0.3, 0.4) is 0 Å². The highest BCUT2D eigenvalue weighted by Crippen LogP contribution is 2.14. The molecule has 0 aliphatic carbocycles. The summed E-state index contributed by atoms with van der Waals surface area (Å²) in [6, 6.07) is 7.20. The van der Waals surface area contributed by atoms with Gasteiger partial charge in [0.15, 0.2) is 9.84 Å². The Morgan fingerprint density at radius 2 is 2.18 bits per heavy atom. The van der Waals surface area contributed by atoms with Crippen molar-refractivity contribution in [2.45, 2.75) is 11.3 Å². The van der Waals surface area contributed by atoms with Crippen molar-refractivity contribution in [1.29, 1.82) is 0 Å². The summed E-state index contributed by atoms with van der Waals surface area (Å²) in [5.41, 5.74) is 0.907. The second kappa shape index (κ2) is 4.89. The summed E-state index contributed by atoms with van der Waals surface area (Å²) < 4.78 is 23.7. The fraction of sp³-hybridized carbons (Fsp3) is 0.182. The molecule has 2 rings (SSSR count). The van der Waals surface area contributed by atoms with Gasteiger partial charge >= 0.3 is 0 Å². The summed E-state index contributed by atoms with van der Waals surface area (Å²) in [4.78, 5) is 0.222. The number of aryl methyl sites for hydroxylation is 1. The lowest BCUT2D eigenvalue weighted by Gasteiger charge is -2.02. The summed E-state index contributed by atoms with van der Waals surface area (Å²) in [5.74, 6) is 0.0485.